The number of fused-ring (bicyclic) bond motifs is 1. The topological polar surface area (TPSA) is 124 Å². The Morgan fingerprint density at radius 3 is 2.55 bits per heavy atom. The van der Waals surface area contributed by atoms with Crippen LogP contribution in [0.2, 0.25) is 0 Å². The third-order valence-corrected chi connectivity index (χ3v) is 5.13. The number of halogens is 3. The number of alkyl halides is 2. The van der Waals surface area contributed by atoms with Crippen molar-refractivity contribution in [3.05, 3.63) is 41.3 Å². The van der Waals surface area contributed by atoms with Gasteiger partial charge in [-0.1, -0.05) is 13.8 Å². The number of nitrogens with two attached hydrogens (primary N) is 2. The molecule has 8 nitrogen and oxygen atoms in total. The lowest BCUT2D eigenvalue weighted by Gasteiger charge is -2.21. The summed E-state index contributed by atoms with van der Waals surface area (Å²) in [6, 6.07) is 5.78. The Bertz CT molecular complexity index is 1150. The Morgan fingerprint density at radius 2 is 1.94 bits per heavy atom. The number of nitrogens with one attached hydrogen (secondary N) is 2. The molecule has 0 saturated carbocycles. The van der Waals surface area contributed by atoms with E-state index in [1.54, 1.807) is 25.1 Å². The molecule has 1 atom stereocenters. The summed E-state index contributed by atoms with van der Waals surface area (Å²) in [7, 11) is 0. The molecular formula is C22H28F3N7O. The summed E-state index contributed by atoms with van der Waals surface area (Å²) in [4.78, 5) is 16.2. The standard InChI is InChI=1S/C22H28F3N7O/c1-11(2)6-14(9-26)29-22-17(23)8-16(20(27)33)21(30-22)28-13-4-5-18-15(7-13)12(3)31-32(18)10-19(24)25/h4-5,7-8,11,14,19H,6,9-10,26H2,1-3H3,(H2,27,33)(H2,28,29,30). The zero-order chi connectivity index (χ0) is 24.3. The van der Waals surface area contributed by atoms with Crippen LogP contribution in [-0.2, 0) is 6.54 Å². The number of pyridine rings is 1. The van der Waals surface area contributed by atoms with E-state index in [9.17, 15) is 18.0 Å². The number of primary amides is 1. The van der Waals surface area contributed by atoms with Crippen molar-refractivity contribution in [2.24, 2.45) is 17.4 Å². The van der Waals surface area contributed by atoms with Crippen LogP contribution in [-0.4, -0.2) is 39.7 Å². The van der Waals surface area contributed by atoms with Crippen molar-refractivity contribution in [1.82, 2.24) is 14.8 Å². The molecule has 0 radical (unpaired) electrons. The molecular weight excluding hydrogens is 435 g/mol. The second kappa shape index (κ2) is 10.1. The molecule has 6 N–H and O–H groups in total. The number of anilines is 3. The Kier molecular flexibility index (Phi) is 7.42. The highest BCUT2D eigenvalue weighted by atomic mass is 19.3. The fourth-order valence-electron chi connectivity index (χ4n) is 3.67. The number of rotatable bonds is 10. The highest BCUT2D eigenvalue weighted by Gasteiger charge is 2.19. The van der Waals surface area contributed by atoms with Crippen molar-refractivity contribution >= 4 is 34.1 Å². The molecule has 2 heterocycles. The predicted octanol–water partition coefficient (Wildman–Crippen LogP) is 3.77. The molecule has 1 aromatic carbocycles. The van der Waals surface area contributed by atoms with E-state index in [1.165, 1.54) is 4.68 Å². The normalized spacial score (nSPS) is 12.5. The number of aryl methyl sites for hydroxylation is 1. The van der Waals surface area contributed by atoms with E-state index in [1.807, 2.05) is 13.8 Å². The molecule has 178 valence electrons. The van der Waals surface area contributed by atoms with Gasteiger partial charge >= 0.3 is 0 Å². The summed E-state index contributed by atoms with van der Waals surface area (Å²) in [6.45, 7) is 5.52. The molecule has 2 aromatic heterocycles. The molecule has 0 bridgehead atoms. The lowest BCUT2D eigenvalue weighted by molar-refractivity contribution is 0.1000. The highest BCUT2D eigenvalue weighted by molar-refractivity contribution is 5.99. The van der Waals surface area contributed by atoms with Gasteiger partial charge in [-0.3, -0.25) is 9.48 Å². The lowest BCUT2D eigenvalue weighted by Crippen LogP contribution is -2.31. The SMILES string of the molecule is Cc1nn(CC(F)F)c2ccc(Nc3nc(NC(CN)CC(C)C)c(F)cc3C(N)=O)cc12. The smallest absolute Gasteiger partial charge is 0.257 e. The molecule has 1 amide bonds. The van der Waals surface area contributed by atoms with Crippen molar-refractivity contribution in [3.8, 4) is 0 Å². The Morgan fingerprint density at radius 1 is 1.21 bits per heavy atom. The second-order valence-corrected chi connectivity index (χ2v) is 8.30. The minimum absolute atomic E-state index is 0.0550. The predicted molar refractivity (Wildman–Crippen MR) is 122 cm³/mol. The van der Waals surface area contributed by atoms with Crippen LogP contribution in [0, 0.1) is 18.7 Å². The molecule has 0 aliphatic rings. The third kappa shape index (κ3) is 5.72. The maximum Gasteiger partial charge on any atom is 0.257 e. The van der Waals surface area contributed by atoms with Gasteiger partial charge in [0.05, 0.1) is 16.8 Å². The van der Waals surface area contributed by atoms with Crippen LogP contribution >= 0.6 is 0 Å². The lowest BCUT2D eigenvalue weighted by atomic mass is 10.0. The van der Waals surface area contributed by atoms with Crippen LogP contribution < -0.4 is 22.1 Å². The molecule has 0 aliphatic carbocycles. The molecule has 1 unspecified atom stereocenters. The zero-order valence-corrected chi connectivity index (χ0v) is 18.7. The summed E-state index contributed by atoms with van der Waals surface area (Å²) >= 11 is 0. The number of hydrogen-bond acceptors (Lipinski definition) is 6. The number of aromatic nitrogens is 3. The number of benzene rings is 1. The zero-order valence-electron chi connectivity index (χ0n) is 18.7. The van der Waals surface area contributed by atoms with Crippen molar-refractivity contribution in [2.75, 3.05) is 17.2 Å². The first kappa shape index (κ1) is 24.3. The van der Waals surface area contributed by atoms with E-state index < -0.39 is 24.7 Å². The second-order valence-electron chi connectivity index (χ2n) is 8.30. The summed E-state index contributed by atoms with van der Waals surface area (Å²) in [5.41, 5.74) is 12.7. The average molecular weight is 464 g/mol. The van der Waals surface area contributed by atoms with E-state index in [-0.39, 0.29) is 29.8 Å². The van der Waals surface area contributed by atoms with E-state index in [2.05, 4.69) is 20.7 Å². The van der Waals surface area contributed by atoms with E-state index >= 15 is 0 Å². The van der Waals surface area contributed by atoms with E-state index in [0.29, 0.717) is 34.6 Å². The number of amides is 1. The van der Waals surface area contributed by atoms with Gasteiger partial charge < -0.3 is 22.1 Å². The van der Waals surface area contributed by atoms with Gasteiger partial charge in [-0.25, -0.2) is 18.2 Å². The third-order valence-electron chi connectivity index (χ3n) is 5.13. The van der Waals surface area contributed by atoms with Gasteiger partial charge in [-0.15, -0.1) is 0 Å². The first-order chi connectivity index (χ1) is 15.6. The first-order valence-electron chi connectivity index (χ1n) is 10.6. The Labute approximate surface area is 189 Å². The first-order valence-corrected chi connectivity index (χ1v) is 10.6. The van der Waals surface area contributed by atoms with Crippen LogP contribution in [0.5, 0.6) is 0 Å². The van der Waals surface area contributed by atoms with Crippen LogP contribution in [0.1, 0.15) is 36.3 Å². The molecule has 0 fully saturated rings. The average Bonchev–Trinajstić information content (AvgIpc) is 3.03. The van der Waals surface area contributed by atoms with Gasteiger partial charge in [0.15, 0.2) is 11.6 Å². The van der Waals surface area contributed by atoms with Crippen LogP contribution in [0.15, 0.2) is 24.3 Å². The maximum absolute atomic E-state index is 14.7. The highest BCUT2D eigenvalue weighted by Crippen LogP contribution is 2.28. The van der Waals surface area contributed by atoms with E-state index in [0.717, 1.165) is 6.07 Å². The van der Waals surface area contributed by atoms with E-state index in [4.69, 9.17) is 11.5 Å². The monoisotopic (exact) mass is 463 g/mol. The van der Waals surface area contributed by atoms with Gasteiger partial charge in [-0.2, -0.15) is 5.10 Å². The fourth-order valence-corrected chi connectivity index (χ4v) is 3.67. The molecule has 3 rings (SSSR count). The summed E-state index contributed by atoms with van der Waals surface area (Å²) in [5, 5.41) is 10.8. The van der Waals surface area contributed by atoms with Gasteiger partial charge in [-0.05, 0) is 43.5 Å². The largest absolute Gasteiger partial charge is 0.365 e. The van der Waals surface area contributed by atoms with Crippen molar-refractivity contribution in [1.29, 1.82) is 0 Å². The van der Waals surface area contributed by atoms with Crippen molar-refractivity contribution in [3.63, 3.8) is 0 Å². The molecule has 3 aromatic rings. The Hall–Kier alpha value is -3.34. The molecule has 0 spiro atoms. The van der Waals surface area contributed by atoms with Crippen molar-refractivity contribution in [2.45, 2.75) is 46.2 Å². The van der Waals surface area contributed by atoms with Gasteiger partial charge in [0.1, 0.15) is 12.4 Å². The molecule has 11 heteroatoms. The minimum Gasteiger partial charge on any atom is -0.365 e. The van der Waals surface area contributed by atoms with Crippen LogP contribution in [0.25, 0.3) is 10.9 Å². The van der Waals surface area contributed by atoms with Crippen LogP contribution in [0.4, 0.5) is 30.5 Å². The number of carbonyl (C=O) groups excluding carboxylic acids is 1. The minimum atomic E-state index is -2.54. The summed E-state index contributed by atoms with van der Waals surface area (Å²) in [6.07, 6.45) is -1.83. The van der Waals surface area contributed by atoms with Gasteiger partial charge in [0.25, 0.3) is 12.3 Å². The van der Waals surface area contributed by atoms with Gasteiger partial charge in [0, 0.05) is 23.7 Å². The number of nitrogens with zero attached hydrogens (tertiary/aromatic N) is 3. The molecule has 0 saturated heterocycles. The van der Waals surface area contributed by atoms with Crippen LogP contribution in [0.3, 0.4) is 0 Å². The molecule has 33 heavy (non-hydrogen) atoms. The maximum atomic E-state index is 14.7. The number of carbonyl (C=O) groups is 1. The van der Waals surface area contributed by atoms with Crippen molar-refractivity contribution < 1.29 is 18.0 Å². The quantitative estimate of drug-likeness (QED) is 0.363. The number of hydrogen-bond donors (Lipinski definition) is 4. The molecule has 0 aliphatic heterocycles. The Balaban J connectivity index is 1.96. The summed E-state index contributed by atoms with van der Waals surface area (Å²) < 4.78 is 41.6. The fraction of sp³-hybridized carbons (Fsp3) is 0.409. The van der Waals surface area contributed by atoms with Gasteiger partial charge in [0.2, 0.25) is 0 Å². The summed E-state index contributed by atoms with van der Waals surface area (Å²) in [5.74, 6) is -1.24.